The van der Waals surface area contributed by atoms with Gasteiger partial charge in [0.05, 0.1) is 5.41 Å². The van der Waals surface area contributed by atoms with Gasteiger partial charge in [-0.2, -0.15) is 0 Å². The Kier molecular flexibility index (Phi) is 2.47. The van der Waals surface area contributed by atoms with Crippen LogP contribution in [-0.2, 0) is 4.79 Å². The fraction of sp³-hybridized carbons (Fsp3) is 0.375. The molecule has 0 aliphatic heterocycles. The van der Waals surface area contributed by atoms with Gasteiger partial charge in [0, 0.05) is 5.56 Å². The molecule has 1 aromatic rings. The predicted octanol–water partition coefficient (Wildman–Crippen LogP) is 3.04. The maximum atomic E-state index is 12.7. The molecule has 3 rings (SSSR count). The van der Waals surface area contributed by atoms with Crippen molar-refractivity contribution in [2.45, 2.75) is 19.8 Å². The summed E-state index contributed by atoms with van der Waals surface area (Å²) in [5.74, 6) is 0.542. The van der Waals surface area contributed by atoms with Crippen LogP contribution in [0.1, 0.15) is 30.1 Å². The van der Waals surface area contributed by atoms with E-state index < -0.39 is 5.41 Å². The number of fused-ring (bicyclic) bond motifs is 2. The monoisotopic (exact) mass is 240 g/mol. The summed E-state index contributed by atoms with van der Waals surface area (Å²) in [7, 11) is 0. The zero-order valence-electron chi connectivity index (χ0n) is 10.4. The number of allylic oxidation sites excluding steroid dienone is 2. The molecule has 0 unspecified atom stereocenters. The van der Waals surface area contributed by atoms with Crippen LogP contribution in [0.3, 0.4) is 0 Å². The summed E-state index contributed by atoms with van der Waals surface area (Å²) >= 11 is 0. The van der Waals surface area contributed by atoms with Gasteiger partial charge in [0.25, 0.3) is 0 Å². The maximum absolute atomic E-state index is 12.7. The average Bonchev–Trinajstić information content (AvgIpc) is 2.99. The lowest BCUT2D eigenvalue weighted by Gasteiger charge is -2.31. The Bertz CT molecular complexity index is 529. The number of carbonyl (C=O) groups is 2. The SMILES string of the molecule is CC(=O)[C@@]1(C(=O)c2ccccc2)C[C@H]2C=C[C@@H]1C2. The molecule has 0 saturated heterocycles. The quantitative estimate of drug-likeness (QED) is 0.462. The number of hydrogen-bond donors (Lipinski definition) is 0. The van der Waals surface area contributed by atoms with Crippen molar-refractivity contribution in [1.29, 1.82) is 0 Å². The molecule has 0 aromatic heterocycles. The summed E-state index contributed by atoms with van der Waals surface area (Å²) in [6.07, 6.45) is 5.87. The van der Waals surface area contributed by atoms with Crippen LogP contribution in [0, 0.1) is 17.3 Å². The van der Waals surface area contributed by atoms with Crippen LogP contribution in [0.2, 0.25) is 0 Å². The fourth-order valence-electron chi connectivity index (χ4n) is 3.53. The van der Waals surface area contributed by atoms with E-state index in [2.05, 4.69) is 12.2 Å². The second-order valence-electron chi connectivity index (χ2n) is 5.41. The van der Waals surface area contributed by atoms with Gasteiger partial charge in [-0.3, -0.25) is 9.59 Å². The van der Waals surface area contributed by atoms with E-state index in [1.807, 2.05) is 30.3 Å². The minimum atomic E-state index is -0.791. The minimum Gasteiger partial charge on any atom is -0.299 e. The van der Waals surface area contributed by atoms with Gasteiger partial charge in [-0.15, -0.1) is 0 Å². The average molecular weight is 240 g/mol. The highest BCUT2D eigenvalue weighted by molar-refractivity contribution is 6.14. The van der Waals surface area contributed by atoms with Crippen LogP contribution >= 0.6 is 0 Å². The van der Waals surface area contributed by atoms with E-state index in [0.29, 0.717) is 17.9 Å². The smallest absolute Gasteiger partial charge is 0.176 e. The molecule has 0 amide bonds. The van der Waals surface area contributed by atoms with E-state index in [-0.39, 0.29) is 17.5 Å². The lowest BCUT2D eigenvalue weighted by molar-refractivity contribution is -0.125. The fourth-order valence-corrected chi connectivity index (χ4v) is 3.53. The largest absolute Gasteiger partial charge is 0.299 e. The van der Waals surface area contributed by atoms with Crippen LogP contribution in [0.15, 0.2) is 42.5 Å². The van der Waals surface area contributed by atoms with Crippen molar-refractivity contribution < 1.29 is 9.59 Å². The third kappa shape index (κ3) is 1.41. The molecule has 0 N–H and O–H groups in total. The molecule has 92 valence electrons. The first-order valence-electron chi connectivity index (χ1n) is 6.44. The second-order valence-corrected chi connectivity index (χ2v) is 5.41. The van der Waals surface area contributed by atoms with E-state index in [4.69, 9.17) is 0 Å². The van der Waals surface area contributed by atoms with Crippen molar-refractivity contribution in [3.8, 4) is 0 Å². The van der Waals surface area contributed by atoms with Crippen LogP contribution in [0.25, 0.3) is 0 Å². The first-order chi connectivity index (χ1) is 8.64. The van der Waals surface area contributed by atoms with Gasteiger partial charge in [0.1, 0.15) is 5.78 Å². The number of ketones is 2. The second kappa shape index (κ2) is 3.91. The number of benzene rings is 1. The molecule has 1 fully saturated rings. The highest BCUT2D eigenvalue weighted by Crippen LogP contribution is 2.54. The molecule has 0 spiro atoms. The van der Waals surface area contributed by atoms with Crippen LogP contribution in [0.4, 0.5) is 0 Å². The Labute approximate surface area is 107 Å². The van der Waals surface area contributed by atoms with E-state index in [0.717, 1.165) is 6.42 Å². The normalized spacial score (nSPS) is 32.7. The molecular weight excluding hydrogens is 224 g/mol. The molecular formula is C16H16O2. The molecule has 1 saturated carbocycles. The molecule has 3 atom stereocenters. The van der Waals surface area contributed by atoms with E-state index >= 15 is 0 Å². The Morgan fingerprint density at radius 1 is 1.17 bits per heavy atom. The zero-order valence-corrected chi connectivity index (χ0v) is 10.4. The topological polar surface area (TPSA) is 34.1 Å². The van der Waals surface area contributed by atoms with Gasteiger partial charge in [0.2, 0.25) is 0 Å². The standard InChI is InChI=1S/C16H16O2/c1-11(17)16(10-12-7-8-14(16)9-12)15(18)13-5-3-2-4-6-13/h2-8,12,14H,9-10H2,1H3/t12-,14+,16-/m0/s1. The first kappa shape index (κ1) is 11.4. The van der Waals surface area contributed by atoms with E-state index in [9.17, 15) is 9.59 Å². The van der Waals surface area contributed by atoms with E-state index in [1.165, 1.54) is 0 Å². The summed E-state index contributed by atoms with van der Waals surface area (Å²) in [4.78, 5) is 24.9. The van der Waals surface area contributed by atoms with Crippen molar-refractivity contribution in [2.75, 3.05) is 0 Å². The summed E-state index contributed by atoms with van der Waals surface area (Å²) in [5.41, 5.74) is -0.130. The molecule has 2 aliphatic carbocycles. The highest BCUT2D eigenvalue weighted by Gasteiger charge is 2.56. The van der Waals surface area contributed by atoms with Crippen molar-refractivity contribution in [1.82, 2.24) is 0 Å². The Balaban J connectivity index is 2.05. The Morgan fingerprint density at radius 2 is 1.89 bits per heavy atom. The summed E-state index contributed by atoms with van der Waals surface area (Å²) in [6, 6.07) is 9.21. The zero-order chi connectivity index (χ0) is 12.8. The van der Waals surface area contributed by atoms with Gasteiger partial charge in [0.15, 0.2) is 5.78 Å². The summed E-state index contributed by atoms with van der Waals surface area (Å²) in [5, 5.41) is 0. The summed E-state index contributed by atoms with van der Waals surface area (Å²) in [6.45, 7) is 1.56. The highest BCUT2D eigenvalue weighted by atomic mass is 16.2. The van der Waals surface area contributed by atoms with Gasteiger partial charge >= 0.3 is 0 Å². The predicted molar refractivity (Wildman–Crippen MR) is 69.2 cm³/mol. The van der Waals surface area contributed by atoms with E-state index in [1.54, 1.807) is 6.92 Å². The minimum absolute atomic E-state index is 0.00690. The number of Topliss-reactive ketones (excluding diaryl/α,β-unsaturated/α-hetero) is 2. The first-order valence-corrected chi connectivity index (χ1v) is 6.44. The van der Waals surface area contributed by atoms with Gasteiger partial charge < -0.3 is 0 Å². The maximum Gasteiger partial charge on any atom is 0.176 e. The van der Waals surface area contributed by atoms with Crippen LogP contribution in [0.5, 0.6) is 0 Å². The number of rotatable bonds is 3. The number of hydrogen-bond acceptors (Lipinski definition) is 2. The Hall–Kier alpha value is -1.70. The molecule has 2 heteroatoms. The van der Waals surface area contributed by atoms with Crippen LogP contribution < -0.4 is 0 Å². The molecule has 2 nitrogen and oxygen atoms in total. The Morgan fingerprint density at radius 3 is 2.39 bits per heavy atom. The molecule has 0 heterocycles. The molecule has 0 radical (unpaired) electrons. The van der Waals surface area contributed by atoms with Gasteiger partial charge in [-0.1, -0.05) is 42.5 Å². The lowest BCUT2D eigenvalue weighted by Crippen LogP contribution is -2.41. The molecule has 1 aromatic carbocycles. The van der Waals surface area contributed by atoms with Crippen LogP contribution in [-0.4, -0.2) is 11.6 Å². The molecule has 2 aliphatic rings. The van der Waals surface area contributed by atoms with Crippen molar-refractivity contribution >= 4 is 11.6 Å². The van der Waals surface area contributed by atoms with Crippen molar-refractivity contribution in [3.05, 3.63) is 48.0 Å². The third-order valence-electron chi connectivity index (χ3n) is 4.46. The molecule has 2 bridgehead atoms. The van der Waals surface area contributed by atoms with Crippen molar-refractivity contribution in [2.24, 2.45) is 17.3 Å². The summed E-state index contributed by atoms with van der Waals surface area (Å²) < 4.78 is 0. The van der Waals surface area contributed by atoms with Crippen molar-refractivity contribution in [3.63, 3.8) is 0 Å². The lowest BCUT2D eigenvalue weighted by atomic mass is 9.68. The number of carbonyl (C=O) groups excluding carboxylic acids is 2. The molecule has 18 heavy (non-hydrogen) atoms. The third-order valence-corrected chi connectivity index (χ3v) is 4.46. The van der Waals surface area contributed by atoms with Gasteiger partial charge in [-0.05, 0) is 31.6 Å². The van der Waals surface area contributed by atoms with Gasteiger partial charge in [-0.25, -0.2) is 0 Å².